The van der Waals surface area contributed by atoms with Gasteiger partial charge < -0.3 is 24.3 Å². The Hall–Kier alpha value is -4.16. The highest BCUT2D eigenvalue weighted by molar-refractivity contribution is 6.39. The third-order valence-electron chi connectivity index (χ3n) is 4.07. The first-order valence-electron chi connectivity index (χ1n) is 8.86. The minimum atomic E-state index is -4.76. The molecule has 2 amide bonds. The van der Waals surface area contributed by atoms with Crippen molar-refractivity contribution in [1.82, 2.24) is 15.5 Å². The van der Waals surface area contributed by atoms with Gasteiger partial charge in [-0.2, -0.15) is 18.2 Å². The Labute approximate surface area is 177 Å². The highest BCUT2D eigenvalue weighted by atomic mass is 19.4. The standard InChI is InChI=1S/C19H15F3N4O6/c1-9-13(17(29)30-2)7-12(31-9)8-23-15(27)16(28)24-11-5-3-10(4-6-11)14-25-18(32-26-14)19(20,21)22/h3-7H,8H2,1-2H3,(H,23,27)(H,24,28). The van der Waals surface area contributed by atoms with Crippen molar-refractivity contribution < 1.29 is 41.2 Å². The van der Waals surface area contributed by atoms with Crippen LogP contribution in [0.1, 0.15) is 27.8 Å². The van der Waals surface area contributed by atoms with Crippen LogP contribution in [0.25, 0.3) is 11.4 Å². The van der Waals surface area contributed by atoms with Crippen molar-refractivity contribution in [2.75, 3.05) is 12.4 Å². The van der Waals surface area contributed by atoms with Crippen molar-refractivity contribution in [1.29, 1.82) is 0 Å². The zero-order valence-electron chi connectivity index (χ0n) is 16.6. The summed E-state index contributed by atoms with van der Waals surface area (Å²) in [4.78, 5) is 38.8. The van der Waals surface area contributed by atoms with Gasteiger partial charge in [-0.25, -0.2) is 4.79 Å². The molecule has 10 nitrogen and oxygen atoms in total. The number of hydrogen-bond donors (Lipinski definition) is 2. The molecule has 0 aliphatic heterocycles. The fraction of sp³-hybridized carbons (Fsp3) is 0.211. The summed E-state index contributed by atoms with van der Waals surface area (Å²) in [5.74, 6) is -3.79. The minimum absolute atomic E-state index is 0.150. The molecule has 0 bridgehead atoms. The number of methoxy groups -OCH3 is 1. The smallest absolute Gasteiger partial charge is 0.465 e. The summed E-state index contributed by atoms with van der Waals surface area (Å²) >= 11 is 0. The van der Waals surface area contributed by atoms with Crippen molar-refractivity contribution in [2.45, 2.75) is 19.6 Å². The Morgan fingerprint density at radius 1 is 1.12 bits per heavy atom. The number of nitrogens with zero attached hydrogens (tertiary/aromatic N) is 2. The van der Waals surface area contributed by atoms with Gasteiger partial charge >= 0.3 is 29.9 Å². The van der Waals surface area contributed by atoms with Crippen LogP contribution in [0.3, 0.4) is 0 Å². The summed E-state index contributed by atoms with van der Waals surface area (Å²) in [6.45, 7) is 1.40. The molecule has 3 rings (SSSR count). The number of carbonyl (C=O) groups is 3. The number of amides is 2. The predicted octanol–water partition coefficient (Wildman–Crippen LogP) is 2.70. The molecule has 32 heavy (non-hydrogen) atoms. The van der Waals surface area contributed by atoms with E-state index in [-0.39, 0.29) is 34.9 Å². The first kappa shape index (κ1) is 22.5. The van der Waals surface area contributed by atoms with Crippen LogP contribution in [-0.2, 0) is 27.0 Å². The van der Waals surface area contributed by atoms with Gasteiger partial charge in [0.25, 0.3) is 0 Å². The number of esters is 1. The molecule has 168 valence electrons. The van der Waals surface area contributed by atoms with E-state index in [1.807, 2.05) is 0 Å². The fourth-order valence-corrected chi connectivity index (χ4v) is 2.54. The normalized spacial score (nSPS) is 11.2. The summed E-state index contributed by atoms with van der Waals surface area (Å²) in [6, 6.07) is 6.78. The summed E-state index contributed by atoms with van der Waals surface area (Å²) in [5, 5.41) is 7.92. The van der Waals surface area contributed by atoms with Crippen LogP contribution < -0.4 is 10.6 Å². The van der Waals surface area contributed by atoms with Gasteiger partial charge in [0.1, 0.15) is 17.1 Å². The fourth-order valence-electron chi connectivity index (χ4n) is 2.54. The SMILES string of the molecule is COC(=O)c1cc(CNC(=O)C(=O)Nc2ccc(-c3noc(C(F)(F)F)n3)cc2)oc1C. The van der Waals surface area contributed by atoms with Gasteiger partial charge in [0.15, 0.2) is 0 Å². The van der Waals surface area contributed by atoms with Gasteiger partial charge in [-0.1, -0.05) is 5.16 Å². The number of rotatable bonds is 5. The third kappa shape index (κ3) is 5.11. The molecule has 2 aromatic heterocycles. The van der Waals surface area contributed by atoms with Crippen LogP contribution in [0.2, 0.25) is 0 Å². The summed E-state index contributed by atoms with van der Waals surface area (Å²) in [6.07, 6.45) is -4.76. The van der Waals surface area contributed by atoms with E-state index in [2.05, 4.69) is 30.0 Å². The Balaban J connectivity index is 1.57. The quantitative estimate of drug-likeness (QED) is 0.445. The molecule has 0 aliphatic rings. The topological polar surface area (TPSA) is 137 Å². The van der Waals surface area contributed by atoms with E-state index < -0.39 is 29.9 Å². The van der Waals surface area contributed by atoms with Crippen molar-refractivity contribution in [3.05, 3.63) is 53.3 Å². The minimum Gasteiger partial charge on any atom is -0.465 e. The summed E-state index contributed by atoms with van der Waals surface area (Å²) in [7, 11) is 1.22. The van der Waals surface area contributed by atoms with Gasteiger partial charge in [-0.05, 0) is 37.3 Å². The lowest BCUT2D eigenvalue weighted by Gasteiger charge is -2.06. The maximum Gasteiger partial charge on any atom is 0.471 e. The second kappa shape index (κ2) is 8.91. The number of halogens is 3. The van der Waals surface area contributed by atoms with E-state index >= 15 is 0 Å². The number of nitrogens with one attached hydrogen (secondary N) is 2. The van der Waals surface area contributed by atoms with Crippen molar-refractivity contribution in [3.63, 3.8) is 0 Å². The Bertz CT molecular complexity index is 1150. The number of benzene rings is 1. The Morgan fingerprint density at radius 2 is 1.81 bits per heavy atom. The zero-order valence-corrected chi connectivity index (χ0v) is 16.6. The van der Waals surface area contributed by atoms with E-state index in [9.17, 15) is 27.6 Å². The van der Waals surface area contributed by atoms with E-state index in [0.29, 0.717) is 5.76 Å². The molecule has 0 atom stereocenters. The predicted molar refractivity (Wildman–Crippen MR) is 100.0 cm³/mol. The largest absolute Gasteiger partial charge is 0.471 e. The second-order valence-corrected chi connectivity index (χ2v) is 6.31. The van der Waals surface area contributed by atoms with Crippen molar-refractivity contribution >= 4 is 23.5 Å². The molecule has 0 saturated carbocycles. The Morgan fingerprint density at radius 3 is 2.41 bits per heavy atom. The molecule has 0 spiro atoms. The highest BCUT2D eigenvalue weighted by Gasteiger charge is 2.38. The van der Waals surface area contributed by atoms with Crippen molar-refractivity contribution in [3.8, 4) is 11.4 Å². The van der Waals surface area contributed by atoms with Gasteiger partial charge in [0.05, 0.1) is 13.7 Å². The van der Waals surface area contributed by atoms with Gasteiger partial charge in [0, 0.05) is 11.3 Å². The Kier molecular flexibility index (Phi) is 6.27. The molecule has 0 aliphatic carbocycles. The molecule has 0 unspecified atom stereocenters. The molecular formula is C19H15F3N4O6. The number of aromatic nitrogens is 2. The van der Waals surface area contributed by atoms with E-state index in [1.54, 1.807) is 6.92 Å². The van der Waals surface area contributed by atoms with Crippen LogP contribution in [0.4, 0.5) is 18.9 Å². The molecule has 13 heteroatoms. The third-order valence-corrected chi connectivity index (χ3v) is 4.07. The van der Waals surface area contributed by atoms with Crippen LogP contribution in [0.15, 0.2) is 39.3 Å². The molecule has 1 aromatic carbocycles. The summed E-state index contributed by atoms with van der Waals surface area (Å²) in [5.41, 5.74) is 0.613. The average Bonchev–Trinajstić information content (AvgIpc) is 3.39. The van der Waals surface area contributed by atoms with Gasteiger partial charge in [-0.15, -0.1) is 0 Å². The first-order chi connectivity index (χ1) is 15.1. The van der Waals surface area contributed by atoms with E-state index in [1.165, 1.54) is 37.4 Å². The molecule has 2 N–H and O–H groups in total. The maximum atomic E-state index is 12.5. The molecule has 0 radical (unpaired) electrons. The second-order valence-electron chi connectivity index (χ2n) is 6.31. The lowest BCUT2D eigenvalue weighted by atomic mass is 10.2. The molecule has 2 heterocycles. The molecule has 3 aromatic rings. The first-order valence-corrected chi connectivity index (χ1v) is 8.86. The maximum absolute atomic E-state index is 12.5. The number of carbonyl (C=O) groups excluding carboxylic acids is 3. The number of alkyl halides is 3. The highest BCUT2D eigenvalue weighted by Crippen LogP contribution is 2.29. The number of anilines is 1. The number of furan rings is 1. The van der Waals surface area contributed by atoms with Gasteiger partial charge in [-0.3, -0.25) is 9.59 Å². The van der Waals surface area contributed by atoms with Crippen LogP contribution in [0, 0.1) is 6.92 Å². The number of ether oxygens (including phenoxy) is 1. The van der Waals surface area contributed by atoms with Gasteiger partial charge in [0.2, 0.25) is 5.82 Å². The van der Waals surface area contributed by atoms with E-state index in [0.717, 1.165) is 0 Å². The average molecular weight is 452 g/mol. The van der Waals surface area contributed by atoms with Crippen LogP contribution >= 0.6 is 0 Å². The zero-order chi connectivity index (χ0) is 23.5. The monoisotopic (exact) mass is 452 g/mol. The van der Waals surface area contributed by atoms with E-state index in [4.69, 9.17) is 4.42 Å². The van der Waals surface area contributed by atoms with Crippen molar-refractivity contribution in [2.24, 2.45) is 0 Å². The number of hydrogen-bond acceptors (Lipinski definition) is 8. The molecule has 0 fully saturated rings. The lowest BCUT2D eigenvalue weighted by Crippen LogP contribution is -2.34. The molecular weight excluding hydrogens is 437 g/mol. The lowest BCUT2D eigenvalue weighted by molar-refractivity contribution is -0.159. The molecule has 0 saturated heterocycles. The van der Waals surface area contributed by atoms with Crippen LogP contribution in [-0.4, -0.2) is 35.0 Å². The summed E-state index contributed by atoms with van der Waals surface area (Å²) < 4.78 is 51.7. The van der Waals surface area contributed by atoms with Crippen LogP contribution in [0.5, 0.6) is 0 Å². The number of aryl methyl sites for hydroxylation is 1.